The molecular formula is C8H17N3O3. The molecule has 2 amide bonds. The molecule has 0 radical (unpaired) electrons. The summed E-state index contributed by atoms with van der Waals surface area (Å²) >= 11 is 0. The molecule has 0 atom stereocenters. The van der Waals surface area contributed by atoms with Gasteiger partial charge in [0.1, 0.15) is 6.54 Å². The summed E-state index contributed by atoms with van der Waals surface area (Å²) in [6, 6.07) is -0.0463. The van der Waals surface area contributed by atoms with Crippen molar-refractivity contribution >= 4 is 12.0 Å². The minimum absolute atomic E-state index is 0.0463. The second kappa shape index (κ2) is 5.43. The molecule has 1 fully saturated rings. The summed E-state index contributed by atoms with van der Waals surface area (Å²) in [4.78, 5) is 19.9. The molecule has 1 heterocycles. The number of urea groups is 1. The smallest absolute Gasteiger partial charge is 0.314 e. The molecule has 0 aromatic rings. The van der Waals surface area contributed by atoms with Gasteiger partial charge in [-0.15, -0.1) is 0 Å². The predicted octanol–water partition coefficient (Wildman–Crippen LogP) is -2.26. The third-order valence-corrected chi connectivity index (χ3v) is 1.30. The molecule has 0 unspecified atom stereocenters. The Balaban J connectivity index is 0.000000249. The predicted molar refractivity (Wildman–Crippen MR) is 49.3 cm³/mol. The SMILES string of the molecule is C[N+](C)(C)CC(=O)[O-].O=C1NCCN1. The highest BCUT2D eigenvalue weighted by atomic mass is 16.4. The number of likely N-dealkylation sites (N-methyl/N-ethyl adjacent to an activating group) is 1. The van der Waals surface area contributed by atoms with Gasteiger partial charge in [0, 0.05) is 13.1 Å². The molecule has 0 bridgehead atoms. The Morgan fingerprint density at radius 2 is 1.79 bits per heavy atom. The monoisotopic (exact) mass is 203 g/mol. The van der Waals surface area contributed by atoms with Crippen molar-refractivity contribution in [2.45, 2.75) is 0 Å². The molecule has 6 nitrogen and oxygen atoms in total. The van der Waals surface area contributed by atoms with Crippen LogP contribution in [0.5, 0.6) is 0 Å². The lowest BCUT2D eigenvalue weighted by Gasteiger charge is -2.23. The number of hydrogen-bond acceptors (Lipinski definition) is 3. The topological polar surface area (TPSA) is 81.3 Å². The highest BCUT2D eigenvalue weighted by molar-refractivity contribution is 5.75. The summed E-state index contributed by atoms with van der Waals surface area (Å²) in [5, 5.41) is 15.0. The highest BCUT2D eigenvalue weighted by Crippen LogP contribution is 1.84. The highest BCUT2D eigenvalue weighted by Gasteiger charge is 2.04. The maximum Gasteiger partial charge on any atom is 0.314 e. The molecule has 0 aromatic heterocycles. The molecule has 1 saturated heterocycles. The van der Waals surface area contributed by atoms with E-state index in [2.05, 4.69) is 10.6 Å². The van der Waals surface area contributed by atoms with E-state index in [1.807, 2.05) is 0 Å². The van der Waals surface area contributed by atoms with Gasteiger partial charge in [-0.05, 0) is 0 Å². The average Bonchev–Trinajstić information content (AvgIpc) is 2.34. The zero-order valence-corrected chi connectivity index (χ0v) is 8.79. The lowest BCUT2D eigenvalue weighted by atomic mass is 10.5. The van der Waals surface area contributed by atoms with Crippen LogP contribution in [0.1, 0.15) is 0 Å². The second-order valence-electron chi connectivity index (χ2n) is 4.00. The van der Waals surface area contributed by atoms with E-state index in [1.165, 1.54) is 0 Å². The fourth-order valence-electron chi connectivity index (χ4n) is 0.802. The number of amides is 2. The van der Waals surface area contributed by atoms with Crippen molar-refractivity contribution in [2.24, 2.45) is 0 Å². The molecule has 14 heavy (non-hydrogen) atoms. The standard InChI is InChI=1S/C5H11NO2.C3H6N2O/c1-6(2,3)4-5(7)8;6-3-4-1-2-5-3/h4H2,1-3H3;1-2H2,(H2,4,5,6). The summed E-state index contributed by atoms with van der Waals surface area (Å²) in [6.45, 7) is 1.62. The van der Waals surface area contributed by atoms with E-state index >= 15 is 0 Å². The lowest BCUT2D eigenvalue weighted by molar-refractivity contribution is -0.864. The first-order chi connectivity index (χ1) is 6.31. The van der Waals surface area contributed by atoms with Gasteiger partial charge in [0.05, 0.1) is 27.1 Å². The normalized spacial score (nSPS) is 14.9. The molecule has 0 aromatic carbocycles. The molecule has 6 heteroatoms. The third-order valence-electron chi connectivity index (χ3n) is 1.30. The summed E-state index contributed by atoms with van der Waals surface area (Å²) < 4.78 is 0.419. The first-order valence-corrected chi connectivity index (χ1v) is 4.33. The van der Waals surface area contributed by atoms with Gasteiger partial charge in [-0.25, -0.2) is 4.79 Å². The molecule has 2 N–H and O–H groups in total. The maximum atomic E-state index is 10.0. The van der Waals surface area contributed by atoms with Crippen LogP contribution >= 0.6 is 0 Å². The van der Waals surface area contributed by atoms with Crippen LogP contribution in [0.25, 0.3) is 0 Å². The van der Waals surface area contributed by atoms with Gasteiger partial charge < -0.3 is 25.0 Å². The maximum absolute atomic E-state index is 10.0. The number of rotatable bonds is 2. The summed E-state index contributed by atoms with van der Waals surface area (Å²) in [6.07, 6.45) is 0. The van der Waals surface area contributed by atoms with Crippen molar-refractivity contribution in [1.29, 1.82) is 0 Å². The molecule has 1 aliphatic rings. The van der Waals surface area contributed by atoms with Crippen molar-refractivity contribution in [1.82, 2.24) is 10.6 Å². The van der Waals surface area contributed by atoms with E-state index in [4.69, 9.17) is 0 Å². The number of carbonyl (C=O) groups excluding carboxylic acids is 2. The van der Waals surface area contributed by atoms with E-state index in [1.54, 1.807) is 21.1 Å². The lowest BCUT2D eigenvalue weighted by Crippen LogP contribution is -2.45. The molecule has 1 aliphatic heterocycles. The molecule has 82 valence electrons. The van der Waals surface area contributed by atoms with Gasteiger partial charge in [0.25, 0.3) is 0 Å². The first-order valence-electron chi connectivity index (χ1n) is 4.33. The number of nitrogens with zero attached hydrogens (tertiary/aromatic N) is 1. The van der Waals surface area contributed by atoms with Crippen LogP contribution in [0, 0.1) is 0 Å². The van der Waals surface area contributed by atoms with E-state index in [-0.39, 0.29) is 12.6 Å². The summed E-state index contributed by atoms with van der Waals surface area (Å²) in [7, 11) is 5.40. The van der Waals surface area contributed by atoms with E-state index in [0.717, 1.165) is 13.1 Å². The fraction of sp³-hybridized carbons (Fsp3) is 0.750. The Kier molecular flexibility index (Phi) is 4.93. The van der Waals surface area contributed by atoms with Crippen LogP contribution in [0.2, 0.25) is 0 Å². The van der Waals surface area contributed by atoms with Crippen LogP contribution in [0.4, 0.5) is 4.79 Å². The van der Waals surface area contributed by atoms with E-state index < -0.39 is 5.97 Å². The number of carbonyl (C=O) groups is 2. The number of nitrogens with one attached hydrogen (secondary N) is 2. The van der Waals surface area contributed by atoms with Gasteiger partial charge in [0.2, 0.25) is 0 Å². The Labute approximate surface area is 83.5 Å². The van der Waals surface area contributed by atoms with Crippen LogP contribution < -0.4 is 15.7 Å². The average molecular weight is 203 g/mol. The van der Waals surface area contributed by atoms with Crippen LogP contribution in [-0.2, 0) is 4.79 Å². The van der Waals surface area contributed by atoms with Gasteiger partial charge >= 0.3 is 6.03 Å². The zero-order chi connectivity index (χ0) is 11.2. The van der Waals surface area contributed by atoms with E-state index in [9.17, 15) is 14.7 Å². The molecule has 1 rings (SSSR count). The first kappa shape index (κ1) is 12.7. The largest absolute Gasteiger partial charge is 0.544 e. The third kappa shape index (κ3) is 8.79. The Bertz CT molecular complexity index is 202. The van der Waals surface area contributed by atoms with Crippen LogP contribution in [-0.4, -0.2) is 57.3 Å². The Morgan fingerprint density at radius 3 is 1.86 bits per heavy atom. The number of carboxylic acid groups (broad SMARTS) is 1. The van der Waals surface area contributed by atoms with Gasteiger partial charge in [-0.3, -0.25) is 0 Å². The quantitative estimate of drug-likeness (QED) is 0.497. The minimum Gasteiger partial charge on any atom is -0.544 e. The number of aliphatic carboxylic acids is 1. The Morgan fingerprint density at radius 1 is 1.36 bits per heavy atom. The zero-order valence-electron chi connectivity index (χ0n) is 8.79. The van der Waals surface area contributed by atoms with Crippen LogP contribution in [0.15, 0.2) is 0 Å². The van der Waals surface area contributed by atoms with Crippen molar-refractivity contribution in [2.75, 3.05) is 40.8 Å². The molecular weight excluding hydrogens is 186 g/mol. The van der Waals surface area contributed by atoms with Crippen molar-refractivity contribution < 1.29 is 19.2 Å². The van der Waals surface area contributed by atoms with Gasteiger partial charge in [0.15, 0.2) is 0 Å². The van der Waals surface area contributed by atoms with Gasteiger partial charge in [-0.2, -0.15) is 0 Å². The fourth-order valence-corrected chi connectivity index (χ4v) is 0.802. The molecule has 0 aliphatic carbocycles. The summed E-state index contributed by atoms with van der Waals surface area (Å²) in [5.41, 5.74) is 0. The molecule has 0 spiro atoms. The minimum atomic E-state index is -1.00. The summed E-state index contributed by atoms with van der Waals surface area (Å²) in [5.74, 6) is -1.00. The number of carboxylic acids is 1. The van der Waals surface area contributed by atoms with Gasteiger partial charge in [-0.1, -0.05) is 0 Å². The van der Waals surface area contributed by atoms with Crippen LogP contribution in [0.3, 0.4) is 0 Å². The van der Waals surface area contributed by atoms with Crippen molar-refractivity contribution in [3.05, 3.63) is 0 Å². The van der Waals surface area contributed by atoms with E-state index in [0.29, 0.717) is 4.48 Å². The van der Waals surface area contributed by atoms with Crippen molar-refractivity contribution in [3.63, 3.8) is 0 Å². The Hall–Kier alpha value is -1.30. The molecule has 0 saturated carbocycles. The van der Waals surface area contributed by atoms with Crippen molar-refractivity contribution in [3.8, 4) is 0 Å². The number of quaternary nitrogens is 1. The number of hydrogen-bond donors (Lipinski definition) is 2. The second-order valence-corrected chi connectivity index (χ2v) is 4.00.